The van der Waals surface area contributed by atoms with E-state index >= 15 is 0 Å². The van der Waals surface area contributed by atoms with Gasteiger partial charge in [-0.05, 0) is 61.4 Å². The Hall–Kier alpha value is -4.11. The van der Waals surface area contributed by atoms with Gasteiger partial charge in [0.25, 0.3) is 17.5 Å². The lowest BCUT2D eigenvalue weighted by Gasteiger charge is -2.37. The topological polar surface area (TPSA) is 99.0 Å². The van der Waals surface area contributed by atoms with Gasteiger partial charge in [0.15, 0.2) is 0 Å². The molecule has 0 spiro atoms. The summed E-state index contributed by atoms with van der Waals surface area (Å²) in [6.07, 6.45) is 2.00. The lowest BCUT2D eigenvalue weighted by atomic mass is 10.1. The van der Waals surface area contributed by atoms with Crippen molar-refractivity contribution in [3.63, 3.8) is 0 Å². The third-order valence-electron chi connectivity index (χ3n) is 7.03. The van der Waals surface area contributed by atoms with Crippen LogP contribution in [-0.4, -0.2) is 60.9 Å². The number of nitro benzene ring substituents is 1. The summed E-state index contributed by atoms with van der Waals surface area (Å²) in [7, 11) is 0. The summed E-state index contributed by atoms with van der Waals surface area (Å²) in [6.45, 7) is 3.82. The van der Waals surface area contributed by atoms with Crippen molar-refractivity contribution < 1.29 is 14.5 Å². The van der Waals surface area contributed by atoms with Crippen LogP contribution in [0.5, 0.6) is 0 Å². The van der Waals surface area contributed by atoms with E-state index < -0.39 is 10.8 Å². The van der Waals surface area contributed by atoms with Crippen molar-refractivity contribution in [1.29, 1.82) is 0 Å². The SMILES string of the molecule is O=C(Nc1ccccc1N1CCN(C(=O)c2ccc(Cl)cc2)CC1)c1ccc(N2CCCC2)c([N+](=O)[O-])c1. The van der Waals surface area contributed by atoms with E-state index in [0.29, 0.717) is 48.1 Å². The number of halogens is 1. The molecule has 196 valence electrons. The van der Waals surface area contributed by atoms with Crippen molar-refractivity contribution in [1.82, 2.24) is 4.90 Å². The molecule has 0 aliphatic carbocycles. The molecule has 0 atom stereocenters. The molecule has 1 N–H and O–H groups in total. The molecule has 0 radical (unpaired) electrons. The smallest absolute Gasteiger partial charge is 0.293 e. The molecule has 2 fully saturated rings. The second kappa shape index (κ2) is 11.1. The third kappa shape index (κ3) is 5.43. The van der Waals surface area contributed by atoms with Gasteiger partial charge in [0.1, 0.15) is 5.69 Å². The van der Waals surface area contributed by atoms with E-state index in [1.165, 1.54) is 6.07 Å². The minimum atomic E-state index is -0.427. The van der Waals surface area contributed by atoms with Crippen LogP contribution in [0.3, 0.4) is 0 Å². The Morgan fingerprint density at radius 3 is 2.11 bits per heavy atom. The number of piperazine rings is 1. The molecule has 3 aromatic rings. The zero-order valence-electron chi connectivity index (χ0n) is 20.8. The zero-order valence-corrected chi connectivity index (χ0v) is 21.6. The van der Waals surface area contributed by atoms with E-state index in [2.05, 4.69) is 10.2 Å². The van der Waals surface area contributed by atoms with Crippen LogP contribution in [0.15, 0.2) is 66.7 Å². The molecule has 38 heavy (non-hydrogen) atoms. The molecule has 0 saturated carbocycles. The van der Waals surface area contributed by atoms with Crippen molar-refractivity contribution in [3.8, 4) is 0 Å². The van der Waals surface area contributed by atoms with E-state index in [1.807, 2.05) is 34.1 Å². The fourth-order valence-corrected chi connectivity index (χ4v) is 5.14. The van der Waals surface area contributed by atoms with Crippen LogP contribution < -0.4 is 15.1 Å². The first-order chi connectivity index (χ1) is 18.4. The first kappa shape index (κ1) is 25.5. The van der Waals surface area contributed by atoms with Gasteiger partial charge >= 0.3 is 0 Å². The highest BCUT2D eigenvalue weighted by atomic mass is 35.5. The largest absolute Gasteiger partial charge is 0.366 e. The molecule has 9 nitrogen and oxygen atoms in total. The fourth-order valence-electron chi connectivity index (χ4n) is 5.01. The molecule has 0 bridgehead atoms. The lowest BCUT2D eigenvalue weighted by molar-refractivity contribution is -0.384. The predicted molar refractivity (Wildman–Crippen MR) is 149 cm³/mol. The van der Waals surface area contributed by atoms with Crippen LogP contribution in [0.25, 0.3) is 0 Å². The second-order valence-electron chi connectivity index (χ2n) is 9.41. The number of carbonyl (C=O) groups excluding carboxylic acids is 2. The van der Waals surface area contributed by atoms with E-state index in [-0.39, 0.29) is 17.2 Å². The number of rotatable bonds is 6. The zero-order chi connectivity index (χ0) is 26.6. The molecule has 5 rings (SSSR count). The average Bonchev–Trinajstić information content (AvgIpc) is 3.48. The molecule has 2 heterocycles. The summed E-state index contributed by atoms with van der Waals surface area (Å²) in [5, 5.41) is 15.3. The molecular weight excluding hydrogens is 506 g/mol. The van der Waals surface area contributed by atoms with E-state index in [4.69, 9.17) is 11.6 Å². The van der Waals surface area contributed by atoms with Crippen molar-refractivity contribution in [2.45, 2.75) is 12.8 Å². The van der Waals surface area contributed by atoms with Crippen molar-refractivity contribution in [2.75, 3.05) is 54.4 Å². The number of para-hydroxylation sites is 2. The molecule has 10 heteroatoms. The molecule has 2 amide bonds. The van der Waals surface area contributed by atoms with Gasteiger partial charge in [-0.1, -0.05) is 23.7 Å². The van der Waals surface area contributed by atoms with Crippen molar-refractivity contribution >= 4 is 46.2 Å². The molecule has 0 unspecified atom stereocenters. The summed E-state index contributed by atoms with van der Waals surface area (Å²) in [5.41, 5.74) is 2.77. The maximum absolute atomic E-state index is 13.2. The van der Waals surface area contributed by atoms with E-state index in [9.17, 15) is 19.7 Å². The Bertz CT molecular complexity index is 1350. The highest BCUT2D eigenvalue weighted by Crippen LogP contribution is 2.33. The molecule has 2 aliphatic heterocycles. The third-order valence-corrected chi connectivity index (χ3v) is 7.28. The number of anilines is 3. The van der Waals surface area contributed by atoms with Gasteiger partial charge in [-0.25, -0.2) is 0 Å². The van der Waals surface area contributed by atoms with Crippen LogP contribution in [0.4, 0.5) is 22.7 Å². The van der Waals surface area contributed by atoms with E-state index in [1.54, 1.807) is 36.4 Å². The summed E-state index contributed by atoms with van der Waals surface area (Å²) in [6, 6.07) is 19.0. The summed E-state index contributed by atoms with van der Waals surface area (Å²) in [4.78, 5) is 43.3. The number of amides is 2. The molecule has 2 saturated heterocycles. The van der Waals surface area contributed by atoms with Crippen LogP contribution in [0, 0.1) is 10.1 Å². The highest BCUT2D eigenvalue weighted by molar-refractivity contribution is 6.30. The summed E-state index contributed by atoms with van der Waals surface area (Å²) in [5.74, 6) is -0.452. The summed E-state index contributed by atoms with van der Waals surface area (Å²) >= 11 is 5.94. The van der Waals surface area contributed by atoms with Crippen molar-refractivity contribution in [3.05, 3.63) is 93.0 Å². The number of benzene rings is 3. The lowest BCUT2D eigenvalue weighted by Crippen LogP contribution is -2.49. The first-order valence-electron chi connectivity index (χ1n) is 12.6. The van der Waals surface area contributed by atoms with Gasteiger partial charge in [0, 0.05) is 61.5 Å². The fraction of sp³-hybridized carbons (Fsp3) is 0.286. The maximum atomic E-state index is 13.2. The molecule has 2 aliphatic rings. The predicted octanol–water partition coefficient (Wildman–Crippen LogP) is 5.06. The Kier molecular flexibility index (Phi) is 7.46. The molecular formula is C28H28ClN5O4. The minimum Gasteiger partial charge on any atom is -0.366 e. The van der Waals surface area contributed by atoms with Crippen LogP contribution in [0.2, 0.25) is 5.02 Å². The normalized spacial score (nSPS) is 15.4. The van der Waals surface area contributed by atoms with Gasteiger partial charge in [0.2, 0.25) is 0 Å². The molecule has 3 aromatic carbocycles. The second-order valence-corrected chi connectivity index (χ2v) is 9.85. The average molecular weight is 534 g/mol. The number of nitro groups is 1. The van der Waals surface area contributed by atoms with E-state index in [0.717, 1.165) is 31.6 Å². The Balaban J connectivity index is 1.28. The first-order valence-corrected chi connectivity index (χ1v) is 13.0. The van der Waals surface area contributed by atoms with Crippen LogP contribution >= 0.6 is 11.6 Å². The van der Waals surface area contributed by atoms with Gasteiger partial charge in [-0.15, -0.1) is 0 Å². The summed E-state index contributed by atoms with van der Waals surface area (Å²) < 4.78 is 0. The monoisotopic (exact) mass is 533 g/mol. The Morgan fingerprint density at radius 1 is 0.789 bits per heavy atom. The number of nitrogens with zero attached hydrogens (tertiary/aromatic N) is 4. The highest BCUT2D eigenvalue weighted by Gasteiger charge is 2.26. The van der Waals surface area contributed by atoms with Gasteiger partial charge in [-0.3, -0.25) is 19.7 Å². The number of nitrogens with one attached hydrogen (secondary N) is 1. The number of hydrogen-bond donors (Lipinski definition) is 1. The number of hydrogen-bond acceptors (Lipinski definition) is 6. The van der Waals surface area contributed by atoms with Crippen molar-refractivity contribution in [2.24, 2.45) is 0 Å². The van der Waals surface area contributed by atoms with Gasteiger partial charge in [-0.2, -0.15) is 0 Å². The minimum absolute atomic E-state index is 0.0399. The number of carbonyl (C=O) groups is 2. The quantitative estimate of drug-likeness (QED) is 0.351. The molecule has 0 aromatic heterocycles. The Labute approximate surface area is 225 Å². The van der Waals surface area contributed by atoms with Gasteiger partial charge in [0.05, 0.1) is 16.3 Å². The van der Waals surface area contributed by atoms with Gasteiger partial charge < -0.3 is 20.0 Å². The van der Waals surface area contributed by atoms with Crippen LogP contribution in [0.1, 0.15) is 33.6 Å². The standard InChI is InChI=1S/C28H28ClN5O4/c29-22-10-7-20(8-11-22)28(36)33-17-15-32(16-18-33)24-6-2-1-5-23(24)30-27(35)21-9-12-25(26(19-21)34(37)38)31-13-3-4-14-31/h1-2,5-12,19H,3-4,13-18H2,(H,30,35). The Morgan fingerprint density at radius 2 is 1.42 bits per heavy atom. The maximum Gasteiger partial charge on any atom is 0.293 e. The van der Waals surface area contributed by atoms with Crippen LogP contribution in [-0.2, 0) is 0 Å².